The number of methoxy groups -OCH3 is 2. The van der Waals surface area contributed by atoms with Crippen molar-refractivity contribution in [1.82, 2.24) is 4.90 Å². The molecular weight excluding hydrogens is 280 g/mol. The van der Waals surface area contributed by atoms with Crippen LogP contribution in [0.5, 0.6) is 0 Å². The highest BCUT2D eigenvalue weighted by Crippen LogP contribution is 2.20. The maximum absolute atomic E-state index is 12.5. The van der Waals surface area contributed by atoms with Gasteiger partial charge in [0.25, 0.3) is 5.91 Å². The number of hydrogen-bond acceptors (Lipinski definition) is 4. The van der Waals surface area contributed by atoms with E-state index in [1.165, 1.54) is 0 Å². The van der Waals surface area contributed by atoms with Gasteiger partial charge in [-0.05, 0) is 24.6 Å². The smallest absolute Gasteiger partial charge is 0.255 e. The number of halogens is 1. The first kappa shape index (κ1) is 16.8. The van der Waals surface area contributed by atoms with Gasteiger partial charge in [0, 0.05) is 39.6 Å². The predicted molar refractivity (Wildman–Crippen MR) is 80.1 cm³/mol. The first-order valence-electron chi connectivity index (χ1n) is 6.42. The van der Waals surface area contributed by atoms with E-state index in [-0.39, 0.29) is 5.91 Å². The quantitative estimate of drug-likeness (QED) is 0.589. The van der Waals surface area contributed by atoms with E-state index in [9.17, 15) is 4.79 Å². The normalized spacial score (nSPS) is 10.6. The molecule has 0 saturated carbocycles. The van der Waals surface area contributed by atoms with Gasteiger partial charge in [0.05, 0.1) is 17.2 Å². The minimum atomic E-state index is -0.143. The standard InChI is InChI=1S/C14H21ClN2O3/c1-19-8-3-6-17(7-9-20-2)14(18)12-10-11(16)4-5-13(12)15/h4-5,10H,3,6-9,16H2,1-2H3. The molecule has 0 aliphatic heterocycles. The zero-order valence-electron chi connectivity index (χ0n) is 11.9. The number of nitrogens with two attached hydrogens (primary N) is 1. The Kier molecular flexibility index (Phi) is 7.36. The van der Waals surface area contributed by atoms with Crippen LogP contribution < -0.4 is 5.73 Å². The molecule has 6 heteroatoms. The molecule has 5 nitrogen and oxygen atoms in total. The van der Waals surface area contributed by atoms with Crippen molar-refractivity contribution in [3.05, 3.63) is 28.8 Å². The number of anilines is 1. The van der Waals surface area contributed by atoms with Gasteiger partial charge in [-0.2, -0.15) is 0 Å². The van der Waals surface area contributed by atoms with Gasteiger partial charge in [-0.15, -0.1) is 0 Å². The number of nitrogen functional groups attached to an aromatic ring is 1. The fraction of sp³-hybridized carbons (Fsp3) is 0.500. The van der Waals surface area contributed by atoms with E-state index >= 15 is 0 Å². The zero-order chi connectivity index (χ0) is 15.0. The highest BCUT2D eigenvalue weighted by molar-refractivity contribution is 6.34. The van der Waals surface area contributed by atoms with Crippen LogP contribution in [0.3, 0.4) is 0 Å². The van der Waals surface area contributed by atoms with Crippen molar-refractivity contribution in [2.24, 2.45) is 0 Å². The SMILES string of the molecule is COCCCN(CCOC)C(=O)c1cc(N)ccc1Cl. The number of carbonyl (C=O) groups excluding carboxylic acids is 1. The van der Waals surface area contributed by atoms with Crippen LogP contribution in [-0.4, -0.2) is 51.3 Å². The number of benzene rings is 1. The summed E-state index contributed by atoms with van der Waals surface area (Å²) in [4.78, 5) is 14.2. The number of amides is 1. The van der Waals surface area contributed by atoms with Gasteiger partial charge < -0.3 is 20.1 Å². The Bertz CT molecular complexity index is 440. The number of nitrogens with zero attached hydrogens (tertiary/aromatic N) is 1. The summed E-state index contributed by atoms with van der Waals surface area (Å²) < 4.78 is 10.0. The van der Waals surface area contributed by atoms with Gasteiger partial charge in [0.1, 0.15) is 0 Å². The van der Waals surface area contributed by atoms with Crippen molar-refractivity contribution in [2.45, 2.75) is 6.42 Å². The van der Waals surface area contributed by atoms with Crippen molar-refractivity contribution in [2.75, 3.05) is 46.3 Å². The van der Waals surface area contributed by atoms with Crippen molar-refractivity contribution in [3.8, 4) is 0 Å². The van der Waals surface area contributed by atoms with E-state index in [2.05, 4.69) is 0 Å². The second kappa shape index (κ2) is 8.79. The summed E-state index contributed by atoms with van der Waals surface area (Å²) in [5.74, 6) is -0.143. The molecule has 20 heavy (non-hydrogen) atoms. The third-order valence-corrected chi connectivity index (χ3v) is 3.18. The molecule has 0 atom stereocenters. The lowest BCUT2D eigenvalue weighted by Crippen LogP contribution is -2.35. The van der Waals surface area contributed by atoms with Gasteiger partial charge in [-0.25, -0.2) is 0 Å². The highest BCUT2D eigenvalue weighted by atomic mass is 35.5. The van der Waals surface area contributed by atoms with Gasteiger partial charge in [-0.1, -0.05) is 11.6 Å². The second-order valence-electron chi connectivity index (χ2n) is 4.37. The first-order chi connectivity index (χ1) is 9.60. The first-order valence-corrected chi connectivity index (χ1v) is 6.80. The molecule has 2 N–H and O–H groups in total. The number of carbonyl (C=O) groups is 1. The van der Waals surface area contributed by atoms with Crippen LogP contribution in [0.25, 0.3) is 0 Å². The molecule has 0 saturated heterocycles. The highest BCUT2D eigenvalue weighted by Gasteiger charge is 2.18. The van der Waals surface area contributed by atoms with Gasteiger partial charge in [0.15, 0.2) is 0 Å². The Morgan fingerprint density at radius 3 is 2.60 bits per heavy atom. The van der Waals surface area contributed by atoms with E-state index in [1.54, 1.807) is 37.3 Å². The summed E-state index contributed by atoms with van der Waals surface area (Å²) in [6.45, 7) is 2.16. The lowest BCUT2D eigenvalue weighted by atomic mass is 10.1. The minimum absolute atomic E-state index is 0.143. The molecule has 0 aromatic heterocycles. The average molecular weight is 301 g/mol. The molecular formula is C14H21ClN2O3. The molecule has 1 aromatic rings. The molecule has 0 aliphatic carbocycles. The van der Waals surface area contributed by atoms with Crippen molar-refractivity contribution < 1.29 is 14.3 Å². The molecule has 0 heterocycles. The van der Waals surface area contributed by atoms with Crippen LogP contribution in [0, 0.1) is 0 Å². The Morgan fingerprint density at radius 2 is 1.95 bits per heavy atom. The number of hydrogen-bond donors (Lipinski definition) is 1. The fourth-order valence-corrected chi connectivity index (χ4v) is 1.99. The van der Waals surface area contributed by atoms with Crippen LogP contribution in [0.2, 0.25) is 5.02 Å². The van der Waals surface area contributed by atoms with Gasteiger partial charge in [-0.3, -0.25) is 4.79 Å². The average Bonchev–Trinajstić information content (AvgIpc) is 2.44. The van der Waals surface area contributed by atoms with Gasteiger partial charge in [0.2, 0.25) is 0 Å². The number of ether oxygens (including phenoxy) is 2. The summed E-state index contributed by atoms with van der Waals surface area (Å²) in [6.07, 6.45) is 0.756. The molecule has 0 spiro atoms. The van der Waals surface area contributed by atoms with Crippen LogP contribution in [0.4, 0.5) is 5.69 Å². The van der Waals surface area contributed by atoms with Gasteiger partial charge >= 0.3 is 0 Å². The predicted octanol–water partition coefficient (Wildman–Crippen LogP) is 2.05. The third-order valence-electron chi connectivity index (χ3n) is 2.85. The maximum Gasteiger partial charge on any atom is 0.255 e. The molecule has 112 valence electrons. The summed E-state index contributed by atoms with van der Waals surface area (Å²) in [6, 6.07) is 4.90. The molecule has 1 rings (SSSR count). The van der Waals surface area contributed by atoms with Crippen molar-refractivity contribution in [3.63, 3.8) is 0 Å². The van der Waals surface area contributed by atoms with Crippen molar-refractivity contribution >= 4 is 23.2 Å². The maximum atomic E-state index is 12.5. The molecule has 0 aliphatic rings. The fourth-order valence-electron chi connectivity index (χ4n) is 1.79. The van der Waals surface area contributed by atoms with E-state index in [0.29, 0.717) is 42.6 Å². The van der Waals surface area contributed by atoms with E-state index in [0.717, 1.165) is 6.42 Å². The Balaban J connectivity index is 2.82. The molecule has 1 amide bonds. The Labute approximate surface area is 124 Å². The van der Waals surface area contributed by atoms with E-state index < -0.39 is 0 Å². The van der Waals surface area contributed by atoms with Crippen molar-refractivity contribution in [1.29, 1.82) is 0 Å². The van der Waals surface area contributed by atoms with Crippen LogP contribution in [0.1, 0.15) is 16.8 Å². The Morgan fingerprint density at radius 1 is 1.25 bits per heavy atom. The van der Waals surface area contributed by atoms with Crippen LogP contribution in [-0.2, 0) is 9.47 Å². The number of rotatable bonds is 8. The molecule has 0 unspecified atom stereocenters. The molecule has 1 aromatic carbocycles. The Hall–Kier alpha value is -1.30. The zero-order valence-corrected chi connectivity index (χ0v) is 12.7. The largest absolute Gasteiger partial charge is 0.399 e. The van der Waals surface area contributed by atoms with Crippen LogP contribution in [0.15, 0.2) is 18.2 Å². The monoisotopic (exact) mass is 300 g/mol. The lowest BCUT2D eigenvalue weighted by molar-refractivity contribution is 0.0674. The summed E-state index contributed by atoms with van der Waals surface area (Å²) >= 11 is 6.07. The lowest BCUT2D eigenvalue weighted by Gasteiger charge is -2.23. The second-order valence-corrected chi connectivity index (χ2v) is 4.78. The topological polar surface area (TPSA) is 64.8 Å². The molecule has 0 bridgehead atoms. The molecule has 0 radical (unpaired) electrons. The van der Waals surface area contributed by atoms with E-state index in [1.807, 2.05) is 0 Å². The summed E-state index contributed by atoms with van der Waals surface area (Å²) in [5, 5.41) is 0.401. The molecule has 0 fully saturated rings. The summed E-state index contributed by atoms with van der Waals surface area (Å²) in [5.41, 5.74) is 6.65. The summed E-state index contributed by atoms with van der Waals surface area (Å²) in [7, 11) is 3.24. The third kappa shape index (κ3) is 5.00. The minimum Gasteiger partial charge on any atom is -0.399 e. The van der Waals surface area contributed by atoms with Crippen LogP contribution >= 0.6 is 11.6 Å². The van der Waals surface area contributed by atoms with E-state index in [4.69, 9.17) is 26.8 Å².